The van der Waals surface area contributed by atoms with E-state index in [0.717, 1.165) is 0 Å². The fourth-order valence-electron chi connectivity index (χ4n) is 0.164. The molecule has 0 aliphatic rings. The summed E-state index contributed by atoms with van der Waals surface area (Å²) in [7, 11) is 1.30. The van der Waals surface area contributed by atoms with Crippen LogP contribution in [0, 0.1) is 0 Å². The van der Waals surface area contributed by atoms with E-state index in [2.05, 4.69) is 16.9 Å². The average Bonchev–Trinajstić information content (AvgIpc) is 1.62. The molecule has 1 atom stereocenters. The summed E-state index contributed by atoms with van der Waals surface area (Å²) in [5, 5.41) is -1.28. The fraction of sp³-hybridized carbons (Fsp3) is 1.00. The molecule has 0 amide bonds. The van der Waals surface area contributed by atoms with Crippen molar-refractivity contribution in [2.45, 2.75) is 10.9 Å². The molecule has 0 aliphatic heterocycles. The van der Waals surface area contributed by atoms with Gasteiger partial charge in [-0.25, -0.2) is 0 Å². The van der Waals surface area contributed by atoms with Crippen molar-refractivity contribution in [2.24, 2.45) is 0 Å². The maximum Gasteiger partial charge on any atom is 0.350 e. The molecule has 1 nitrogen and oxygen atoms in total. The minimum atomic E-state index is -3.36. The van der Waals surface area contributed by atoms with Crippen LogP contribution in [0.25, 0.3) is 0 Å². The van der Waals surface area contributed by atoms with Gasteiger partial charge < -0.3 is 0 Å². The smallest absolute Gasteiger partial charge is 0.298 e. The van der Waals surface area contributed by atoms with Crippen LogP contribution in [0.2, 0.25) is 0 Å². The molecule has 1 N–H and O–H groups in total. The fourth-order valence-corrected chi connectivity index (χ4v) is 0.273. The number of nitrogens with one attached hydrogen (secondary N) is 1. The maximum absolute atomic E-state index is 11.7. The molecule has 1 unspecified atom stereocenters. The summed E-state index contributed by atoms with van der Waals surface area (Å²) in [6, 6.07) is 0. The molecule has 0 rings (SSSR count). The van der Waals surface area contributed by atoms with Crippen LogP contribution in [0.4, 0.5) is 8.78 Å². The van der Waals surface area contributed by atoms with Crippen LogP contribution in [-0.4, -0.2) is 17.9 Å². The van der Waals surface area contributed by atoms with E-state index < -0.39 is 10.9 Å². The molecule has 0 aromatic heterocycles. The Morgan fingerprint density at radius 2 is 2.00 bits per heavy atom. The molecule has 5 heteroatoms. The summed E-state index contributed by atoms with van der Waals surface area (Å²) in [5.41, 5.74) is -1.50. The minimum absolute atomic E-state index is 1.30. The largest absolute Gasteiger partial charge is 0.350 e. The van der Waals surface area contributed by atoms with Gasteiger partial charge in [0.2, 0.25) is 0 Å². The Kier molecular flexibility index (Phi) is 2.94. The number of halogens is 4. The van der Waals surface area contributed by atoms with E-state index in [1.54, 1.807) is 0 Å². The first-order valence-corrected chi connectivity index (χ1v) is 2.68. The van der Waals surface area contributed by atoms with Crippen molar-refractivity contribution in [3.05, 3.63) is 0 Å². The molecule has 0 bridgehead atoms. The van der Waals surface area contributed by atoms with E-state index in [-0.39, 0.29) is 0 Å². The van der Waals surface area contributed by atoms with E-state index in [1.807, 2.05) is 0 Å². The van der Waals surface area contributed by atoms with Crippen LogP contribution < -0.4 is 5.32 Å². The molecule has 0 saturated carbocycles. The zero-order valence-electron chi connectivity index (χ0n) is 4.09. The molecule has 50 valence electrons. The van der Waals surface area contributed by atoms with Crippen LogP contribution in [0.15, 0.2) is 0 Å². The van der Waals surface area contributed by atoms with Crippen molar-refractivity contribution in [2.75, 3.05) is 7.05 Å². The summed E-state index contributed by atoms with van der Waals surface area (Å²) in [6.07, 6.45) is 0. The van der Waals surface area contributed by atoms with Crippen molar-refractivity contribution in [3.63, 3.8) is 0 Å². The highest BCUT2D eigenvalue weighted by Gasteiger charge is 2.33. The first-order chi connectivity index (χ1) is 3.48. The van der Waals surface area contributed by atoms with Crippen molar-refractivity contribution in [1.82, 2.24) is 5.32 Å². The zero-order chi connectivity index (χ0) is 6.78. The van der Waals surface area contributed by atoms with Crippen LogP contribution in [0.5, 0.6) is 0 Å². The third kappa shape index (κ3) is 2.64. The monoisotopic (exact) mass is 163 g/mol. The predicted molar refractivity (Wildman–Crippen MR) is 29.5 cm³/mol. The van der Waals surface area contributed by atoms with Crippen molar-refractivity contribution in [1.29, 1.82) is 0 Å². The van der Waals surface area contributed by atoms with Gasteiger partial charge in [0.25, 0.3) is 0 Å². The van der Waals surface area contributed by atoms with E-state index in [9.17, 15) is 8.78 Å². The standard InChI is InChI=1S/C3H5Cl2F2N/c1-8-2(4)3(5,6)7/h2,8H,1H3. The third-order valence-corrected chi connectivity index (χ3v) is 1.36. The molecule has 0 aromatic rings. The summed E-state index contributed by atoms with van der Waals surface area (Å²) < 4.78 is 23.4. The molecule has 0 saturated heterocycles. The number of hydrogen-bond donors (Lipinski definition) is 1. The lowest BCUT2D eigenvalue weighted by Gasteiger charge is -2.12. The maximum atomic E-state index is 11.7. The van der Waals surface area contributed by atoms with E-state index in [0.29, 0.717) is 0 Å². The Bertz CT molecular complexity index is 72.2. The van der Waals surface area contributed by atoms with Crippen LogP contribution >= 0.6 is 23.2 Å². The third-order valence-electron chi connectivity index (χ3n) is 0.541. The van der Waals surface area contributed by atoms with Crippen LogP contribution in [0.3, 0.4) is 0 Å². The quantitative estimate of drug-likeness (QED) is 0.482. The Labute approximate surface area is 56.0 Å². The van der Waals surface area contributed by atoms with Gasteiger partial charge >= 0.3 is 5.38 Å². The van der Waals surface area contributed by atoms with Gasteiger partial charge in [-0.05, 0) is 18.6 Å². The zero-order valence-corrected chi connectivity index (χ0v) is 5.60. The highest BCUT2D eigenvalue weighted by molar-refractivity contribution is 6.30. The highest BCUT2D eigenvalue weighted by atomic mass is 35.5. The second kappa shape index (κ2) is 2.80. The van der Waals surface area contributed by atoms with Gasteiger partial charge in [0, 0.05) is 0 Å². The van der Waals surface area contributed by atoms with E-state index in [1.165, 1.54) is 7.05 Å². The summed E-state index contributed by atoms with van der Waals surface area (Å²) in [4.78, 5) is 0. The lowest BCUT2D eigenvalue weighted by atomic mass is 10.7. The lowest BCUT2D eigenvalue weighted by molar-refractivity contribution is 0.0828. The highest BCUT2D eigenvalue weighted by Crippen LogP contribution is 2.25. The molecule has 0 radical (unpaired) electrons. The van der Waals surface area contributed by atoms with Gasteiger partial charge in [-0.3, -0.25) is 5.32 Å². The molecule has 0 spiro atoms. The Hall–Kier alpha value is 0.400. The summed E-state index contributed by atoms with van der Waals surface area (Å²) >= 11 is 9.40. The lowest BCUT2D eigenvalue weighted by Crippen LogP contribution is -2.33. The van der Waals surface area contributed by atoms with E-state index in [4.69, 9.17) is 11.6 Å². The van der Waals surface area contributed by atoms with Crippen LogP contribution in [-0.2, 0) is 0 Å². The first-order valence-electron chi connectivity index (χ1n) is 1.86. The van der Waals surface area contributed by atoms with Gasteiger partial charge in [0.15, 0.2) is 5.50 Å². The summed E-state index contributed by atoms with van der Waals surface area (Å²) in [6.45, 7) is 0. The van der Waals surface area contributed by atoms with Crippen molar-refractivity contribution in [3.8, 4) is 0 Å². The normalized spacial score (nSPS) is 16.1. The topological polar surface area (TPSA) is 12.0 Å². The predicted octanol–water partition coefficient (Wildman–Crippen LogP) is 1.60. The number of rotatable bonds is 2. The van der Waals surface area contributed by atoms with Crippen molar-refractivity contribution >= 4 is 23.2 Å². The average molecular weight is 164 g/mol. The Balaban J connectivity index is 3.62. The molecule has 8 heavy (non-hydrogen) atoms. The van der Waals surface area contributed by atoms with Crippen molar-refractivity contribution < 1.29 is 8.78 Å². The van der Waals surface area contributed by atoms with Gasteiger partial charge in [-0.15, -0.1) is 0 Å². The van der Waals surface area contributed by atoms with Crippen LogP contribution in [0.1, 0.15) is 0 Å². The second-order valence-electron chi connectivity index (χ2n) is 1.19. The summed E-state index contributed by atoms with van der Waals surface area (Å²) in [5.74, 6) is 0. The van der Waals surface area contributed by atoms with Gasteiger partial charge in [0.05, 0.1) is 0 Å². The molecular formula is C3H5Cl2F2N. The molecule has 0 aromatic carbocycles. The van der Waals surface area contributed by atoms with Gasteiger partial charge in [-0.1, -0.05) is 11.6 Å². The molecule has 0 heterocycles. The van der Waals surface area contributed by atoms with Gasteiger partial charge in [-0.2, -0.15) is 8.78 Å². The van der Waals surface area contributed by atoms with E-state index >= 15 is 0 Å². The SMILES string of the molecule is CNC(Cl)C(F)(F)Cl. The Morgan fingerprint density at radius 1 is 1.62 bits per heavy atom. The Morgan fingerprint density at radius 3 is 2.00 bits per heavy atom. The molecular weight excluding hydrogens is 159 g/mol. The van der Waals surface area contributed by atoms with Gasteiger partial charge in [0.1, 0.15) is 0 Å². The first kappa shape index (κ1) is 8.40. The number of hydrogen-bond acceptors (Lipinski definition) is 1. The second-order valence-corrected chi connectivity index (χ2v) is 2.13. The molecule has 0 aliphatic carbocycles. The molecule has 0 fully saturated rings. The number of alkyl halides is 4. The minimum Gasteiger partial charge on any atom is -0.298 e.